The van der Waals surface area contributed by atoms with Gasteiger partial charge in [0.05, 0.1) is 7.11 Å². The zero-order valence-corrected chi connectivity index (χ0v) is 10.9. The highest BCUT2D eigenvalue weighted by Crippen LogP contribution is 2.16. The summed E-state index contributed by atoms with van der Waals surface area (Å²) in [6.07, 6.45) is 1.24. The molecule has 1 heterocycles. The first-order chi connectivity index (χ1) is 8.19. The molecule has 94 valence electrons. The van der Waals surface area contributed by atoms with Crippen LogP contribution in [0.15, 0.2) is 24.3 Å². The molecule has 0 spiro atoms. The Hall–Kier alpha value is -1.06. The monoisotopic (exact) mass is 234 g/mol. The molecule has 0 aromatic heterocycles. The lowest BCUT2D eigenvalue weighted by Gasteiger charge is -2.13. The maximum atomic E-state index is 5.15. The minimum absolute atomic E-state index is 0.622. The van der Waals surface area contributed by atoms with Crippen molar-refractivity contribution in [2.45, 2.75) is 32.0 Å². The third kappa shape index (κ3) is 3.20. The molecule has 3 nitrogen and oxygen atoms in total. The van der Waals surface area contributed by atoms with E-state index in [4.69, 9.17) is 4.74 Å². The molecule has 1 N–H and O–H groups in total. The van der Waals surface area contributed by atoms with Crippen molar-refractivity contribution in [3.8, 4) is 5.75 Å². The van der Waals surface area contributed by atoms with E-state index in [9.17, 15) is 0 Å². The Morgan fingerprint density at radius 1 is 1.35 bits per heavy atom. The highest BCUT2D eigenvalue weighted by atomic mass is 16.5. The van der Waals surface area contributed by atoms with E-state index >= 15 is 0 Å². The molecule has 2 atom stereocenters. The Labute approximate surface area is 104 Å². The summed E-state index contributed by atoms with van der Waals surface area (Å²) in [5.41, 5.74) is 1.31. The normalized spacial score (nSPS) is 25.1. The Bertz CT molecular complexity index is 340. The van der Waals surface area contributed by atoms with Gasteiger partial charge < -0.3 is 15.0 Å². The predicted molar refractivity (Wildman–Crippen MR) is 70.3 cm³/mol. The van der Waals surface area contributed by atoms with Crippen molar-refractivity contribution < 1.29 is 4.74 Å². The van der Waals surface area contributed by atoms with Crippen molar-refractivity contribution in [3.05, 3.63) is 29.8 Å². The first-order valence-corrected chi connectivity index (χ1v) is 6.25. The highest BCUT2D eigenvalue weighted by molar-refractivity contribution is 5.27. The number of likely N-dealkylation sites (N-methyl/N-ethyl adjacent to an activating group) is 1. The molecule has 1 aromatic rings. The van der Waals surface area contributed by atoms with Crippen LogP contribution in [0.3, 0.4) is 0 Å². The molecule has 2 rings (SSSR count). The van der Waals surface area contributed by atoms with Crippen molar-refractivity contribution in [1.29, 1.82) is 0 Å². The van der Waals surface area contributed by atoms with E-state index in [2.05, 4.69) is 36.3 Å². The zero-order valence-electron chi connectivity index (χ0n) is 10.9. The Balaban J connectivity index is 1.81. The van der Waals surface area contributed by atoms with E-state index in [1.807, 2.05) is 12.1 Å². The molecular formula is C14H22N2O. The number of rotatable bonds is 4. The van der Waals surface area contributed by atoms with Crippen molar-refractivity contribution in [3.63, 3.8) is 0 Å². The summed E-state index contributed by atoms with van der Waals surface area (Å²) < 4.78 is 5.15. The van der Waals surface area contributed by atoms with Gasteiger partial charge in [-0.25, -0.2) is 0 Å². The molecule has 3 heteroatoms. The number of methoxy groups -OCH3 is 1. The van der Waals surface area contributed by atoms with Gasteiger partial charge in [-0.05, 0) is 38.1 Å². The highest BCUT2D eigenvalue weighted by Gasteiger charge is 2.25. The second-order valence-corrected chi connectivity index (χ2v) is 4.95. The molecule has 0 saturated carbocycles. The molecule has 1 aliphatic rings. The van der Waals surface area contributed by atoms with Gasteiger partial charge in [0.1, 0.15) is 5.75 Å². The van der Waals surface area contributed by atoms with Crippen LogP contribution in [-0.4, -0.2) is 37.7 Å². The van der Waals surface area contributed by atoms with E-state index < -0.39 is 0 Å². The van der Waals surface area contributed by atoms with Gasteiger partial charge in [0, 0.05) is 25.2 Å². The fourth-order valence-electron chi connectivity index (χ4n) is 2.35. The van der Waals surface area contributed by atoms with E-state index in [-0.39, 0.29) is 0 Å². The molecule has 17 heavy (non-hydrogen) atoms. The molecule has 1 aromatic carbocycles. The zero-order chi connectivity index (χ0) is 12.3. The van der Waals surface area contributed by atoms with Crippen molar-refractivity contribution >= 4 is 0 Å². The number of hydrogen-bond acceptors (Lipinski definition) is 3. The SMILES string of the molecule is COc1ccc(CNC2CC(C)N(C)C2)cc1. The second kappa shape index (κ2) is 5.52. The molecule has 0 radical (unpaired) electrons. The summed E-state index contributed by atoms with van der Waals surface area (Å²) >= 11 is 0. The van der Waals surface area contributed by atoms with Gasteiger partial charge in [-0.15, -0.1) is 0 Å². The summed E-state index contributed by atoms with van der Waals surface area (Å²) in [6, 6.07) is 9.59. The number of hydrogen-bond donors (Lipinski definition) is 1. The predicted octanol–water partition coefficient (Wildman–Crippen LogP) is 1.88. The van der Waals surface area contributed by atoms with Crippen LogP contribution in [0.5, 0.6) is 5.75 Å². The van der Waals surface area contributed by atoms with Crippen LogP contribution in [0, 0.1) is 0 Å². The Morgan fingerprint density at radius 3 is 2.59 bits per heavy atom. The largest absolute Gasteiger partial charge is 0.497 e. The maximum absolute atomic E-state index is 5.15. The molecule has 2 unspecified atom stereocenters. The van der Waals surface area contributed by atoms with Crippen LogP contribution in [-0.2, 0) is 6.54 Å². The molecular weight excluding hydrogens is 212 g/mol. The summed E-state index contributed by atoms with van der Waals surface area (Å²) in [6.45, 7) is 4.38. The molecule has 1 saturated heterocycles. The van der Waals surface area contributed by atoms with E-state index in [0.29, 0.717) is 12.1 Å². The molecule has 0 amide bonds. The molecule has 0 bridgehead atoms. The van der Waals surface area contributed by atoms with Crippen LogP contribution in [0.4, 0.5) is 0 Å². The number of ether oxygens (including phenoxy) is 1. The summed E-state index contributed by atoms with van der Waals surface area (Å²) in [4.78, 5) is 2.41. The average molecular weight is 234 g/mol. The van der Waals surface area contributed by atoms with Crippen LogP contribution < -0.4 is 10.1 Å². The van der Waals surface area contributed by atoms with Crippen molar-refractivity contribution in [2.75, 3.05) is 20.7 Å². The van der Waals surface area contributed by atoms with Crippen LogP contribution in [0.2, 0.25) is 0 Å². The fourth-order valence-corrected chi connectivity index (χ4v) is 2.35. The lowest BCUT2D eigenvalue weighted by atomic mass is 10.1. The van der Waals surface area contributed by atoms with Crippen LogP contribution >= 0.6 is 0 Å². The number of nitrogens with zero attached hydrogens (tertiary/aromatic N) is 1. The lowest BCUT2D eigenvalue weighted by Crippen LogP contribution is -2.31. The molecule has 0 aliphatic carbocycles. The third-order valence-corrected chi connectivity index (χ3v) is 3.64. The van der Waals surface area contributed by atoms with Gasteiger partial charge in [-0.1, -0.05) is 12.1 Å². The summed E-state index contributed by atoms with van der Waals surface area (Å²) in [5.74, 6) is 0.919. The van der Waals surface area contributed by atoms with E-state index in [1.165, 1.54) is 12.0 Å². The van der Waals surface area contributed by atoms with Gasteiger partial charge in [0.15, 0.2) is 0 Å². The van der Waals surface area contributed by atoms with Gasteiger partial charge in [0.2, 0.25) is 0 Å². The smallest absolute Gasteiger partial charge is 0.118 e. The van der Waals surface area contributed by atoms with Gasteiger partial charge in [-0.2, -0.15) is 0 Å². The first-order valence-electron chi connectivity index (χ1n) is 6.25. The molecule has 1 fully saturated rings. The maximum Gasteiger partial charge on any atom is 0.118 e. The Morgan fingerprint density at radius 2 is 2.06 bits per heavy atom. The quantitative estimate of drug-likeness (QED) is 0.861. The van der Waals surface area contributed by atoms with Crippen molar-refractivity contribution in [1.82, 2.24) is 10.2 Å². The first kappa shape index (κ1) is 12.4. The Kier molecular flexibility index (Phi) is 4.02. The van der Waals surface area contributed by atoms with Gasteiger partial charge in [-0.3, -0.25) is 0 Å². The topological polar surface area (TPSA) is 24.5 Å². The lowest BCUT2D eigenvalue weighted by molar-refractivity contribution is 0.326. The minimum Gasteiger partial charge on any atom is -0.497 e. The average Bonchev–Trinajstić information content (AvgIpc) is 2.67. The van der Waals surface area contributed by atoms with Crippen LogP contribution in [0.1, 0.15) is 18.9 Å². The fraction of sp³-hybridized carbons (Fsp3) is 0.571. The van der Waals surface area contributed by atoms with Gasteiger partial charge in [0.25, 0.3) is 0 Å². The summed E-state index contributed by atoms with van der Waals surface area (Å²) in [7, 11) is 3.89. The summed E-state index contributed by atoms with van der Waals surface area (Å²) in [5, 5.41) is 3.61. The number of nitrogens with one attached hydrogen (secondary N) is 1. The van der Waals surface area contributed by atoms with Crippen molar-refractivity contribution in [2.24, 2.45) is 0 Å². The third-order valence-electron chi connectivity index (χ3n) is 3.64. The second-order valence-electron chi connectivity index (χ2n) is 4.95. The minimum atomic E-state index is 0.622. The number of likely N-dealkylation sites (tertiary alicyclic amines) is 1. The van der Waals surface area contributed by atoms with E-state index in [1.54, 1.807) is 7.11 Å². The van der Waals surface area contributed by atoms with Gasteiger partial charge >= 0.3 is 0 Å². The van der Waals surface area contributed by atoms with E-state index in [0.717, 1.165) is 18.8 Å². The standard InChI is InChI=1S/C14H22N2O/c1-11-8-13(10-16(11)2)15-9-12-4-6-14(17-3)7-5-12/h4-7,11,13,15H,8-10H2,1-3H3. The molecule has 1 aliphatic heterocycles. The number of benzene rings is 1. The van der Waals surface area contributed by atoms with Crippen LogP contribution in [0.25, 0.3) is 0 Å².